The van der Waals surface area contributed by atoms with Crippen LogP contribution in [0, 0.1) is 0 Å². The second kappa shape index (κ2) is 7.13. The van der Waals surface area contributed by atoms with E-state index in [1.165, 1.54) is 16.0 Å². The zero-order chi connectivity index (χ0) is 19.9. The topological polar surface area (TPSA) is 44.4 Å². The Balaban J connectivity index is 1.36. The Bertz CT molecular complexity index is 897. The van der Waals surface area contributed by atoms with Crippen molar-refractivity contribution in [3.63, 3.8) is 0 Å². The molecule has 2 aromatic carbocycles. The summed E-state index contributed by atoms with van der Waals surface area (Å²) in [5.74, 6) is 0.234. The zero-order valence-corrected chi connectivity index (χ0v) is 15.5. The molecular formula is C21H22F3N3O. The lowest BCUT2D eigenvalue weighted by Crippen LogP contribution is -2.39. The first-order chi connectivity index (χ1) is 13.3. The number of carbonyl (C=O) groups is 1. The maximum atomic E-state index is 12.6. The first kappa shape index (κ1) is 18.8. The van der Waals surface area contributed by atoms with Gasteiger partial charge in [0.1, 0.15) is 0 Å². The molecule has 0 radical (unpaired) electrons. The van der Waals surface area contributed by atoms with Gasteiger partial charge in [-0.15, -0.1) is 0 Å². The van der Waals surface area contributed by atoms with E-state index in [0.29, 0.717) is 5.69 Å². The number of halogens is 3. The fourth-order valence-corrected chi connectivity index (χ4v) is 4.21. The predicted molar refractivity (Wildman–Crippen MR) is 101 cm³/mol. The van der Waals surface area contributed by atoms with Crippen molar-refractivity contribution >= 4 is 11.7 Å². The first-order valence-electron chi connectivity index (χ1n) is 9.35. The van der Waals surface area contributed by atoms with Crippen molar-refractivity contribution < 1.29 is 18.0 Å². The fourth-order valence-electron chi connectivity index (χ4n) is 4.21. The molecule has 0 spiro atoms. The molecule has 1 heterocycles. The second-order valence-corrected chi connectivity index (χ2v) is 7.64. The summed E-state index contributed by atoms with van der Waals surface area (Å²) in [7, 11) is 0. The van der Waals surface area contributed by atoms with Gasteiger partial charge < -0.3 is 10.6 Å². The predicted octanol–water partition coefficient (Wildman–Crippen LogP) is 4.41. The zero-order valence-electron chi connectivity index (χ0n) is 15.5. The van der Waals surface area contributed by atoms with E-state index in [1.807, 2.05) is 12.1 Å². The normalized spacial score (nSPS) is 21.3. The molecule has 0 unspecified atom stereocenters. The highest BCUT2D eigenvalue weighted by Gasteiger charge is 2.33. The Morgan fingerprint density at radius 2 is 1.86 bits per heavy atom. The molecule has 4 rings (SSSR count). The Morgan fingerprint density at radius 3 is 2.61 bits per heavy atom. The molecule has 2 N–H and O–H groups in total. The molecule has 4 nitrogen and oxygen atoms in total. The van der Waals surface area contributed by atoms with Crippen molar-refractivity contribution in [1.82, 2.24) is 10.2 Å². The van der Waals surface area contributed by atoms with Crippen LogP contribution in [0.5, 0.6) is 0 Å². The summed E-state index contributed by atoms with van der Waals surface area (Å²) in [6.45, 7) is 1.69. The molecule has 1 aliphatic heterocycles. The van der Waals surface area contributed by atoms with Crippen LogP contribution in [-0.2, 0) is 19.5 Å². The van der Waals surface area contributed by atoms with Gasteiger partial charge in [0.15, 0.2) is 0 Å². The molecule has 148 valence electrons. The molecule has 0 saturated carbocycles. The number of carbonyl (C=O) groups excluding carboxylic acids is 1. The van der Waals surface area contributed by atoms with Crippen molar-refractivity contribution in [3.8, 4) is 0 Å². The third-order valence-corrected chi connectivity index (χ3v) is 5.56. The van der Waals surface area contributed by atoms with Gasteiger partial charge in [-0.3, -0.25) is 4.90 Å². The van der Waals surface area contributed by atoms with E-state index in [9.17, 15) is 18.0 Å². The third-order valence-electron chi connectivity index (χ3n) is 5.56. The molecule has 2 aliphatic rings. The molecule has 0 saturated heterocycles. The van der Waals surface area contributed by atoms with E-state index in [0.717, 1.165) is 17.5 Å². The van der Waals surface area contributed by atoms with E-state index in [2.05, 4.69) is 29.7 Å². The average Bonchev–Trinajstić information content (AvgIpc) is 3.14. The number of rotatable bonds is 3. The van der Waals surface area contributed by atoms with Gasteiger partial charge >= 0.3 is 12.2 Å². The Hall–Kier alpha value is -2.54. The maximum absolute atomic E-state index is 12.6. The number of fused-ring (bicyclic) bond motifs is 2. The summed E-state index contributed by atoms with van der Waals surface area (Å²) >= 11 is 0. The summed E-state index contributed by atoms with van der Waals surface area (Å²) in [5, 5.41) is 5.84. The lowest BCUT2D eigenvalue weighted by molar-refractivity contribution is -0.146. The van der Waals surface area contributed by atoms with Crippen molar-refractivity contribution in [2.24, 2.45) is 0 Å². The molecule has 28 heavy (non-hydrogen) atoms. The SMILES string of the molecule is C[C@H]1c2ccccc2C[C@H]1NC(=O)Nc1ccc2c(c1)CN(CC(F)(F)F)C2. The van der Waals surface area contributed by atoms with Crippen LogP contribution in [0.4, 0.5) is 23.7 Å². The highest BCUT2D eigenvalue weighted by atomic mass is 19.4. The Labute approximate surface area is 161 Å². The first-order valence-corrected chi connectivity index (χ1v) is 9.35. The Kier molecular flexibility index (Phi) is 4.79. The van der Waals surface area contributed by atoms with Gasteiger partial charge in [-0.05, 0) is 40.8 Å². The van der Waals surface area contributed by atoms with Gasteiger partial charge in [-0.25, -0.2) is 4.79 Å². The van der Waals surface area contributed by atoms with E-state index in [4.69, 9.17) is 0 Å². The van der Waals surface area contributed by atoms with Gasteiger partial charge in [0.2, 0.25) is 0 Å². The van der Waals surface area contributed by atoms with Crippen LogP contribution in [0.15, 0.2) is 42.5 Å². The summed E-state index contributed by atoms with van der Waals surface area (Å²) in [5.41, 5.74) is 4.80. The van der Waals surface area contributed by atoms with E-state index in [1.54, 1.807) is 18.2 Å². The summed E-state index contributed by atoms with van der Waals surface area (Å²) in [6.07, 6.45) is -3.42. The van der Waals surface area contributed by atoms with Crippen molar-refractivity contribution in [3.05, 3.63) is 64.7 Å². The molecular weight excluding hydrogens is 367 g/mol. The number of hydrogen-bond donors (Lipinski definition) is 2. The van der Waals surface area contributed by atoms with Crippen LogP contribution in [0.25, 0.3) is 0 Å². The van der Waals surface area contributed by atoms with Crippen LogP contribution in [0.2, 0.25) is 0 Å². The summed E-state index contributed by atoms with van der Waals surface area (Å²) < 4.78 is 37.8. The van der Waals surface area contributed by atoms with Crippen LogP contribution >= 0.6 is 0 Å². The van der Waals surface area contributed by atoms with E-state index >= 15 is 0 Å². The van der Waals surface area contributed by atoms with Crippen LogP contribution in [0.1, 0.15) is 35.1 Å². The standard InChI is InChI=1S/C21H22F3N3O/c1-13-18-5-3-2-4-14(18)9-19(13)26-20(28)25-17-7-6-15-10-27(11-16(15)8-17)12-21(22,23)24/h2-8,13,19H,9-12H2,1H3,(H2,25,26,28)/t13-,19+/m0/s1. The molecule has 0 fully saturated rings. The van der Waals surface area contributed by atoms with Gasteiger partial charge in [0.25, 0.3) is 0 Å². The monoisotopic (exact) mass is 389 g/mol. The van der Waals surface area contributed by atoms with Crippen molar-refractivity contribution in [2.45, 2.75) is 44.6 Å². The number of hydrogen-bond acceptors (Lipinski definition) is 2. The number of nitrogens with zero attached hydrogens (tertiary/aromatic N) is 1. The van der Waals surface area contributed by atoms with Crippen LogP contribution in [0.3, 0.4) is 0 Å². The molecule has 2 aromatic rings. The number of alkyl halides is 3. The molecule has 1 aliphatic carbocycles. The van der Waals surface area contributed by atoms with E-state index in [-0.39, 0.29) is 31.1 Å². The lowest BCUT2D eigenvalue weighted by atomic mass is 10.0. The van der Waals surface area contributed by atoms with Gasteiger partial charge in [-0.1, -0.05) is 37.3 Å². The smallest absolute Gasteiger partial charge is 0.334 e. The third kappa shape index (κ3) is 3.99. The number of amides is 2. The van der Waals surface area contributed by atoms with Crippen molar-refractivity contribution in [1.29, 1.82) is 0 Å². The molecule has 2 amide bonds. The molecule has 0 aromatic heterocycles. The molecule has 0 bridgehead atoms. The highest BCUT2D eigenvalue weighted by molar-refractivity contribution is 5.89. The van der Waals surface area contributed by atoms with Crippen LogP contribution < -0.4 is 10.6 Å². The second-order valence-electron chi connectivity index (χ2n) is 7.64. The maximum Gasteiger partial charge on any atom is 0.401 e. The highest BCUT2D eigenvalue weighted by Crippen LogP contribution is 2.33. The van der Waals surface area contributed by atoms with Gasteiger partial charge in [0, 0.05) is 30.7 Å². The van der Waals surface area contributed by atoms with Gasteiger partial charge in [-0.2, -0.15) is 13.2 Å². The molecule has 2 atom stereocenters. The Morgan fingerprint density at radius 1 is 1.11 bits per heavy atom. The minimum Gasteiger partial charge on any atom is -0.334 e. The number of anilines is 1. The fraction of sp³-hybridized carbons (Fsp3) is 0.381. The van der Waals surface area contributed by atoms with E-state index < -0.39 is 12.7 Å². The summed E-state index contributed by atoms with van der Waals surface area (Å²) in [6, 6.07) is 13.2. The van der Waals surface area contributed by atoms with Crippen molar-refractivity contribution in [2.75, 3.05) is 11.9 Å². The minimum atomic E-state index is -4.21. The minimum absolute atomic E-state index is 0.0223. The quantitative estimate of drug-likeness (QED) is 0.817. The number of nitrogens with one attached hydrogen (secondary N) is 2. The molecule has 7 heteroatoms. The number of urea groups is 1. The average molecular weight is 389 g/mol. The lowest BCUT2D eigenvalue weighted by Gasteiger charge is -2.18. The summed E-state index contributed by atoms with van der Waals surface area (Å²) in [4.78, 5) is 13.8. The van der Waals surface area contributed by atoms with Gasteiger partial charge in [0.05, 0.1) is 6.54 Å². The van der Waals surface area contributed by atoms with Crippen LogP contribution in [-0.4, -0.2) is 29.7 Å². The number of benzene rings is 2. The largest absolute Gasteiger partial charge is 0.401 e.